The first kappa shape index (κ1) is 13.7. The summed E-state index contributed by atoms with van der Waals surface area (Å²) in [4.78, 5) is 13.6. The molecule has 0 aromatic carbocycles. The summed E-state index contributed by atoms with van der Waals surface area (Å²) in [5.74, 6) is -0.391. The predicted octanol–water partition coefficient (Wildman–Crippen LogP) is 0.709. The van der Waals surface area contributed by atoms with Crippen molar-refractivity contribution in [3.8, 4) is 0 Å². The van der Waals surface area contributed by atoms with Gasteiger partial charge in [-0.1, -0.05) is 13.8 Å². The van der Waals surface area contributed by atoms with Crippen molar-refractivity contribution in [3.05, 3.63) is 16.8 Å². The van der Waals surface area contributed by atoms with Gasteiger partial charge >= 0.3 is 5.97 Å². The zero-order chi connectivity index (χ0) is 13.8. The van der Waals surface area contributed by atoms with Gasteiger partial charge in [0.2, 0.25) is 0 Å². The van der Waals surface area contributed by atoms with Crippen LogP contribution in [-0.2, 0) is 12.8 Å². The number of aromatic nitrogens is 2. The highest BCUT2D eigenvalue weighted by atomic mass is 16.4. The van der Waals surface area contributed by atoms with Crippen LogP contribution >= 0.6 is 0 Å². The first-order chi connectivity index (χ1) is 9.19. The van der Waals surface area contributed by atoms with E-state index in [0.717, 1.165) is 37.4 Å². The van der Waals surface area contributed by atoms with Crippen LogP contribution in [-0.4, -0.2) is 47.5 Å². The molecule has 2 rings (SSSR count). The lowest BCUT2D eigenvalue weighted by atomic mass is 10.0. The standard InChI is InChI=1S/C13H20N4O2/c1-3-9-10(4-2)15-16-12(11(9)13(18)19)17-7-5-14-6-8-17/h14H,3-8H2,1-2H3,(H,18,19). The van der Waals surface area contributed by atoms with Crippen LogP contribution in [0.3, 0.4) is 0 Å². The third-order valence-corrected chi connectivity index (χ3v) is 3.46. The molecule has 0 amide bonds. The minimum atomic E-state index is -0.907. The topological polar surface area (TPSA) is 78.4 Å². The smallest absolute Gasteiger partial charge is 0.339 e. The Morgan fingerprint density at radius 2 is 1.95 bits per heavy atom. The van der Waals surface area contributed by atoms with Crippen LogP contribution in [0.5, 0.6) is 0 Å². The van der Waals surface area contributed by atoms with E-state index in [9.17, 15) is 9.90 Å². The molecular weight excluding hydrogens is 244 g/mol. The predicted molar refractivity (Wildman–Crippen MR) is 72.8 cm³/mol. The lowest BCUT2D eigenvalue weighted by Crippen LogP contribution is -2.44. The molecule has 1 aliphatic heterocycles. The van der Waals surface area contributed by atoms with E-state index in [1.54, 1.807) is 0 Å². The molecule has 1 aliphatic rings. The molecular formula is C13H20N4O2. The fourth-order valence-corrected chi connectivity index (χ4v) is 2.48. The van der Waals surface area contributed by atoms with Gasteiger partial charge < -0.3 is 15.3 Å². The summed E-state index contributed by atoms with van der Waals surface area (Å²) in [5.41, 5.74) is 1.94. The molecule has 2 N–H and O–H groups in total. The molecule has 1 fully saturated rings. The minimum absolute atomic E-state index is 0.330. The largest absolute Gasteiger partial charge is 0.478 e. The molecule has 1 saturated heterocycles. The van der Waals surface area contributed by atoms with E-state index in [1.807, 2.05) is 18.7 Å². The monoisotopic (exact) mass is 264 g/mol. The summed E-state index contributed by atoms with van der Waals surface area (Å²) in [5, 5.41) is 21.1. The Hall–Kier alpha value is -1.69. The lowest BCUT2D eigenvalue weighted by Gasteiger charge is -2.29. The van der Waals surface area contributed by atoms with Crippen LogP contribution in [0.4, 0.5) is 5.82 Å². The van der Waals surface area contributed by atoms with E-state index >= 15 is 0 Å². The van der Waals surface area contributed by atoms with Crippen LogP contribution in [0.2, 0.25) is 0 Å². The normalized spacial score (nSPS) is 15.6. The van der Waals surface area contributed by atoms with Gasteiger partial charge in [-0.15, -0.1) is 5.10 Å². The molecule has 0 saturated carbocycles. The van der Waals surface area contributed by atoms with E-state index < -0.39 is 5.97 Å². The van der Waals surface area contributed by atoms with Crippen LogP contribution < -0.4 is 10.2 Å². The third kappa shape index (κ3) is 2.68. The molecule has 1 aromatic heterocycles. The maximum atomic E-state index is 11.6. The molecule has 0 bridgehead atoms. The number of rotatable bonds is 4. The van der Waals surface area contributed by atoms with E-state index in [4.69, 9.17) is 0 Å². The lowest BCUT2D eigenvalue weighted by molar-refractivity contribution is 0.0695. The molecule has 0 unspecified atom stereocenters. The maximum Gasteiger partial charge on any atom is 0.339 e. The zero-order valence-electron chi connectivity index (χ0n) is 11.4. The van der Waals surface area contributed by atoms with Gasteiger partial charge in [-0.25, -0.2) is 4.79 Å². The first-order valence-electron chi connectivity index (χ1n) is 6.76. The maximum absolute atomic E-state index is 11.6. The number of carbonyl (C=O) groups is 1. The van der Waals surface area contributed by atoms with Gasteiger partial charge in [0.25, 0.3) is 0 Å². The number of piperazine rings is 1. The van der Waals surface area contributed by atoms with Gasteiger partial charge in [-0.2, -0.15) is 5.10 Å². The number of hydrogen-bond acceptors (Lipinski definition) is 5. The Bertz CT molecular complexity index is 470. The second-order valence-electron chi connectivity index (χ2n) is 4.57. The van der Waals surface area contributed by atoms with Gasteiger partial charge in [-0.3, -0.25) is 0 Å². The number of nitrogens with zero attached hydrogens (tertiary/aromatic N) is 3. The van der Waals surface area contributed by atoms with Crippen molar-refractivity contribution in [3.63, 3.8) is 0 Å². The molecule has 104 valence electrons. The highest BCUT2D eigenvalue weighted by Gasteiger charge is 2.24. The van der Waals surface area contributed by atoms with Crippen LogP contribution in [0.15, 0.2) is 0 Å². The Balaban J connectivity index is 2.50. The Kier molecular flexibility index (Phi) is 4.31. The fraction of sp³-hybridized carbons (Fsp3) is 0.615. The molecule has 1 aromatic rings. The summed E-state index contributed by atoms with van der Waals surface area (Å²) in [6.07, 6.45) is 1.37. The van der Waals surface area contributed by atoms with Gasteiger partial charge in [-0.05, 0) is 18.4 Å². The SMILES string of the molecule is CCc1nnc(N2CCNCC2)c(C(=O)O)c1CC. The number of aromatic carboxylic acids is 1. The van der Waals surface area contributed by atoms with Crippen LogP contribution in [0, 0.1) is 0 Å². The average Bonchev–Trinajstić information content (AvgIpc) is 2.46. The molecule has 0 spiro atoms. The number of carboxylic acids is 1. The number of aryl methyl sites for hydroxylation is 1. The van der Waals surface area contributed by atoms with Crippen molar-refractivity contribution in [1.82, 2.24) is 15.5 Å². The first-order valence-corrected chi connectivity index (χ1v) is 6.76. The third-order valence-electron chi connectivity index (χ3n) is 3.46. The number of carboxylic acid groups (broad SMARTS) is 1. The van der Waals surface area contributed by atoms with Crippen LogP contribution in [0.1, 0.15) is 35.5 Å². The fourth-order valence-electron chi connectivity index (χ4n) is 2.48. The van der Waals surface area contributed by atoms with E-state index in [0.29, 0.717) is 24.2 Å². The Labute approximate surface area is 112 Å². The van der Waals surface area contributed by atoms with Gasteiger partial charge in [0, 0.05) is 26.2 Å². The van der Waals surface area contributed by atoms with Crippen molar-refractivity contribution >= 4 is 11.8 Å². The molecule has 6 heteroatoms. The second-order valence-corrected chi connectivity index (χ2v) is 4.57. The van der Waals surface area contributed by atoms with E-state index in [2.05, 4.69) is 15.5 Å². The molecule has 19 heavy (non-hydrogen) atoms. The van der Waals surface area contributed by atoms with Crippen molar-refractivity contribution in [1.29, 1.82) is 0 Å². The summed E-state index contributed by atoms with van der Waals surface area (Å²) in [6, 6.07) is 0. The summed E-state index contributed by atoms with van der Waals surface area (Å²) in [6.45, 7) is 7.16. The van der Waals surface area contributed by atoms with Crippen molar-refractivity contribution in [2.75, 3.05) is 31.1 Å². The minimum Gasteiger partial charge on any atom is -0.478 e. The second kappa shape index (κ2) is 5.97. The van der Waals surface area contributed by atoms with Crippen LogP contribution in [0.25, 0.3) is 0 Å². The Morgan fingerprint density at radius 1 is 1.26 bits per heavy atom. The van der Waals surface area contributed by atoms with E-state index in [1.165, 1.54) is 0 Å². The van der Waals surface area contributed by atoms with Crippen molar-refractivity contribution in [2.45, 2.75) is 26.7 Å². The van der Waals surface area contributed by atoms with E-state index in [-0.39, 0.29) is 0 Å². The van der Waals surface area contributed by atoms with Gasteiger partial charge in [0.05, 0.1) is 5.69 Å². The number of nitrogens with one attached hydrogen (secondary N) is 1. The zero-order valence-corrected chi connectivity index (χ0v) is 11.4. The molecule has 0 radical (unpaired) electrons. The summed E-state index contributed by atoms with van der Waals surface area (Å²) >= 11 is 0. The summed E-state index contributed by atoms with van der Waals surface area (Å²) in [7, 11) is 0. The van der Waals surface area contributed by atoms with Gasteiger partial charge in [0.1, 0.15) is 5.56 Å². The molecule has 2 heterocycles. The van der Waals surface area contributed by atoms with Crippen molar-refractivity contribution in [2.24, 2.45) is 0 Å². The quantitative estimate of drug-likeness (QED) is 0.834. The highest BCUT2D eigenvalue weighted by Crippen LogP contribution is 2.24. The Morgan fingerprint density at radius 3 is 2.47 bits per heavy atom. The molecule has 6 nitrogen and oxygen atoms in total. The van der Waals surface area contributed by atoms with Crippen molar-refractivity contribution < 1.29 is 9.90 Å². The highest BCUT2D eigenvalue weighted by molar-refractivity contribution is 5.95. The molecule has 0 atom stereocenters. The van der Waals surface area contributed by atoms with Gasteiger partial charge in [0.15, 0.2) is 5.82 Å². The molecule has 0 aliphatic carbocycles. The number of anilines is 1. The average molecular weight is 264 g/mol. The summed E-state index contributed by atoms with van der Waals surface area (Å²) < 4.78 is 0. The number of hydrogen-bond donors (Lipinski definition) is 2.